The Balaban J connectivity index is 2.84. The van der Waals surface area contributed by atoms with Crippen LogP contribution in [0, 0.1) is 0 Å². The Morgan fingerprint density at radius 1 is 0.810 bits per heavy atom. The Bertz CT molecular complexity index is 685. The Morgan fingerprint density at radius 2 is 1.29 bits per heavy atom. The smallest absolute Gasteiger partial charge is 0.232 e. The summed E-state index contributed by atoms with van der Waals surface area (Å²) in [7, 11) is 0. The van der Waals surface area contributed by atoms with Gasteiger partial charge in [0, 0.05) is 5.57 Å². The number of fused-ring (bicyclic) bond motifs is 1. The molecule has 0 aromatic heterocycles. The molecule has 21 heavy (non-hydrogen) atoms. The van der Waals surface area contributed by atoms with Crippen LogP contribution >= 0.6 is 0 Å². The minimum absolute atomic E-state index is 0.0362. The summed E-state index contributed by atoms with van der Waals surface area (Å²) in [5.41, 5.74) is -1.07. The van der Waals surface area contributed by atoms with E-state index >= 15 is 0 Å². The first-order valence-electron chi connectivity index (χ1n) is 6.31. The third kappa shape index (κ3) is 1.89. The molecule has 4 N–H and O–H groups in total. The van der Waals surface area contributed by atoms with Crippen LogP contribution in [0.1, 0.15) is 41.0 Å². The molecule has 0 spiro atoms. The van der Waals surface area contributed by atoms with Crippen LogP contribution in [0.5, 0.6) is 23.0 Å². The highest BCUT2D eigenvalue weighted by Gasteiger charge is 2.40. The molecule has 0 saturated carbocycles. The molecule has 1 aromatic carbocycles. The molecule has 1 aliphatic rings. The monoisotopic (exact) mass is 294 g/mol. The summed E-state index contributed by atoms with van der Waals surface area (Å²) in [6.07, 6.45) is 0.168. The van der Waals surface area contributed by atoms with Gasteiger partial charge in [0.05, 0.1) is 17.7 Å². The van der Waals surface area contributed by atoms with Gasteiger partial charge in [-0.15, -0.1) is 0 Å². The number of rotatable bonds is 3. The molecule has 0 unspecified atom stereocenters. The number of aromatic hydroxyl groups is 4. The minimum Gasteiger partial charge on any atom is -0.504 e. The highest BCUT2D eigenvalue weighted by molar-refractivity contribution is 6.28. The second-order valence-electron chi connectivity index (χ2n) is 4.40. The van der Waals surface area contributed by atoms with Crippen molar-refractivity contribution >= 4 is 11.6 Å². The van der Waals surface area contributed by atoms with Crippen molar-refractivity contribution in [2.75, 3.05) is 6.61 Å². The largest absolute Gasteiger partial charge is 0.504 e. The molecule has 7 nitrogen and oxygen atoms in total. The molecular formula is C14H14O7. The SMILES string of the molecule is CCOC1=C(CC)C(=O)c2c(O)c(O)c(O)c(O)c2C1=O. The van der Waals surface area contributed by atoms with Gasteiger partial charge in [-0.25, -0.2) is 0 Å². The van der Waals surface area contributed by atoms with Crippen LogP contribution in [0.2, 0.25) is 0 Å². The maximum Gasteiger partial charge on any atom is 0.232 e. The van der Waals surface area contributed by atoms with Crippen molar-refractivity contribution in [1.29, 1.82) is 0 Å². The van der Waals surface area contributed by atoms with E-state index in [4.69, 9.17) is 4.74 Å². The van der Waals surface area contributed by atoms with Crippen molar-refractivity contribution < 1.29 is 34.8 Å². The molecule has 2 rings (SSSR count). The molecule has 0 atom stereocenters. The third-order valence-electron chi connectivity index (χ3n) is 3.25. The summed E-state index contributed by atoms with van der Waals surface area (Å²) in [5.74, 6) is -5.82. The molecule has 0 fully saturated rings. The van der Waals surface area contributed by atoms with E-state index in [2.05, 4.69) is 0 Å². The number of carbonyl (C=O) groups is 2. The van der Waals surface area contributed by atoms with Gasteiger partial charge < -0.3 is 25.2 Å². The maximum atomic E-state index is 12.4. The van der Waals surface area contributed by atoms with Gasteiger partial charge in [-0.05, 0) is 13.3 Å². The maximum absolute atomic E-state index is 12.4. The van der Waals surface area contributed by atoms with Gasteiger partial charge in [-0.2, -0.15) is 0 Å². The molecule has 1 aliphatic carbocycles. The molecule has 0 amide bonds. The predicted octanol–water partition coefficient (Wildman–Crippen LogP) is 1.59. The van der Waals surface area contributed by atoms with Crippen LogP contribution in [0.15, 0.2) is 11.3 Å². The lowest BCUT2D eigenvalue weighted by molar-refractivity contribution is 0.0871. The molecule has 0 aliphatic heterocycles. The van der Waals surface area contributed by atoms with Crippen LogP contribution < -0.4 is 0 Å². The van der Waals surface area contributed by atoms with Gasteiger partial charge in [0.1, 0.15) is 0 Å². The zero-order valence-electron chi connectivity index (χ0n) is 11.4. The molecule has 0 radical (unpaired) electrons. The Hall–Kier alpha value is -2.70. The van der Waals surface area contributed by atoms with Gasteiger partial charge in [0.15, 0.2) is 23.0 Å². The van der Waals surface area contributed by atoms with E-state index < -0.39 is 45.7 Å². The van der Waals surface area contributed by atoms with E-state index in [-0.39, 0.29) is 24.4 Å². The van der Waals surface area contributed by atoms with E-state index in [0.717, 1.165) is 0 Å². The van der Waals surface area contributed by atoms with Gasteiger partial charge in [0.2, 0.25) is 17.3 Å². The summed E-state index contributed by atoms with van der Waals surface area (Å²) in [6, 6.07) is 0. The standard InChI is InChI=1S/C14H14O7/c1-3-5-8(15)6-7(11(18)14(5)21-4-2)10(17)13(20)12(19)9(6)16/h16-17,19-20H,3-4H2,1-2H3. The highest BCUT2D eigenvalue weighted by atomic mass is 16.5. The highest BCUT2D eigenvalue weighted by Crippen LogP contribution is 2.50. The molecule has 0 saturated heterocycles. The first-order valence-corrected chi connectivity index (χ1v) is 6.31. The Kier molecular flexibility index (Phi) is 3.51. The number of benzene rings is 1. The second kappa shape index (κ2) is 5.01. The number of ether oxygens (including phenoxy) is 1. The number of phenolic OH excluding ortho intramolecular Hbond substituents is 4. The lowest BCUT2D eigenvalue weighted by Gasteiger charge is -2.22. The molecule has 1 aromatic rings. The zero-order valence-corrected chi connectivity index (χ0v) is 11.4. The Labute approximate surface area is 119 Å². The van der Waals surface area contributed by atoms with Gasteiger partial charge in [-0.1, -0.05) is 6.92 Å². The second-order valence-corrected chi connectivity index (χ2v) is 4.40. The topological polar surface area (TPSA) is 124 Å². The summed E-state index contributed by atoms with van der Waals surface area (Å²) >= 11 is 0. The average Bonchev–Trinajstić information content (AvgIpc) is 2.46. The van der Waals surface area contributed by atoms with Crippen molar-refractivity contribution in [1.82, 2.24) is 0 Å². The summed E-state index contributed by atoms with van der Waals surface area (Å²) in [6.45, 7) is 3.38. The first-order chi connectivity index (χ1) is 9.86. The molecule has 112 valence electrons. The van der Waals surface area contributed by atoms with Crippen LogP contribution in [0.4, 0.5) is 0 Å². The van der Waals surface area contributed by atoms with E-state index in [9.17, 15) is 30.0 Å². The molecule has 0 heterocycles. The molecular weight excluding hydrogens is 280 g/mol. The van der Waals surface area contributed by atoms with Gasteiger partial charge in [0.25, 0.3) is 0 Å². The number of phenols is 4. The number of hydrogen-bond acceptors (Lipinski definition) is 7. The summed E-state index contributed by atoms with van der Waals surface area (Å²) in [4.78, 5) is 24.7. The van der Waals surface area contributed by atoms with Crippen LogP contribution in [-0.2, 0) is 4.74 Å². The van der Waals surface area contributed by atoms with Crippen molar-refractivity contribution in [3.8, 4) is 23.0 Å². The number of allylic oxidation sites excluding steroid dienone is 2. The number of Topliss-reactive ketones (excluding diaryl/α,β-unsaturated/α-hetero) is 2. The molecule has 0 bridgehead atoms. The minimum atomic E-state index is -1.07. The predicted molar refractivity (Wildman–Crippen MR) is 70.7 cm³/mol. The summed E-state index contributed by atoms with van der Waals surface area (Å²) in [5, 5.41) is 38.6. The summed E-state index contributed by atoms with van der Waals surface area (Å²) < 4.78 is 5.16. The normalized spacial score (nSPS) is 14.4. The van der Waals surface area contributed by atoms with E-state index in [1.807, 2.05) is 0 Å². The van der Waals surface area contributed by atoms with Crippen molar-refractivity contribution in [3.05, 3.63) is 22.5 Å². The number of hydrogen-bond donors (Lipinski definition) is 4. The van der Waals surface area contributed by atoms with Gasteiger partial charge >= 0.3 is 0 Å². The van der Waals surface area contributed by atoms with Crippen LogP contribution in [0.3, 0.4) is 0 Å². The van der Waals surface area contributed by atoms with Crippen LogP contribution in [0.25, 0.3) is 0 Å². The third-order valence-corrected chi connectivity index (χ3v) is 3.25. The van der Waals surface area contributed by atoms with E-state index in [0.29, 0.717) is 0 Å². The van der Waals surface area contributed by atoms with E-state index in [1.165, 1.54) is 0 Å². The number of ketones is 2. The number of carbonyl (C=O) groups excluding carboxylic acids is 2. The lowest BCUT2D eigenvalue weighted by Crippen LogP contribution is -2.24. The molecule has 7 heteroatoms. The first kappa shape index (κ1) is 14.7. The van der Waals surface area contributed by atoms with Gasteiger partial charge in [-0.3, -0.25) is 9.59 Å². The zero-order chi connectivity index (χ0) is 15.9. The fourth-order valence-electron chi connectivity index (χ4n) is 2.26. The van der Waals surface area contributed by atoms with Crippen LogP contribution in [-0.4, -0.2) is 38.6 Å². The fraction of sp³-hybridized carbons (Fsp3) is 0.286. The van der Waals surface area contributed by atoms with Crippen molar-refractivity contribution in [2.24, 2.45) is 0 Å². The van der Waals surface area contributed by atoms with Crippen molar-refractivity contribution in [2.45, 2.75) is 20.3 Å². The average molecular weight is 294 g/mol. The Morgan fingerprint density at radius 3 is 1.71 bits per heavy atom. The lowest BCUT2D eigenvalue weighted by atomic mass is 9.85. The quantitative estimate of drug-likeness (QED) is 0.493. The van der Waals surface area contributed by atoms with Crippen molar-refractivity contribution in [3.63, 3.8) is 0 Å². The van der Waals surface area contributed by atoms with E-state index in [1.54, 1.807) is 13.8 Å². The fourth-order valence-corrected chi connectivity index (χ4v) is 2.26.